The summed E-state index contributed by atoms with van der Waals surface area (Å²) < 4.78 is 46.8. The molecule has 1 rings (SSSR count). The lowest BCUT2D eigenvalue weighted by Crippen LogP contribution is -2.04. The molecular formula is C7H5BrClF2NO2S. The van der Waals surface area contributed by atoms with Crippen molar-refractivity contribution in [2.75, 3.05) is 0 Å². The van der Waals surface area contributed by atoms with Gasteiger partial charge in [-0.05, 0) is 12.1 Å². The van der Waals surface area contributed by atoms with E-state index in [2.05, 4.69) is 20.9 Å². The van der Waals surface area contributed by atoms with Crippen molar-refractivity contribution in [3.8, 4) is 0 Å². The Hall–Kier alpha value is -0.270. The summed E-state index contributed by atoms with van der Waals surface area (Å²) in [6, 6.07) is 2.31. The Morgan fingerprint density at radius 1 is 1.47 bits per heavy atom. The van der Waals surface area contributed by atoms with Gasteiger partial charge in [0.1, 0.15) is 0 Å². The molecule has 0 N–H and O–H groups in total. The Kier molecular flexibility index (Phi) is 4.02. The Balaban J connectivity index is 3.43. The Bertz CT molecular complexity index is 466. The largest absolute Gasteiger partial charge is 0.279 e. The third kappa shape index (κ3) is 3.09. The molecular weight excluding hydrogens is 316 g/mol. The summed E-state index contributed by atoms with van der Waals surface area (Å²) in [4.78, 5) is 3.54. The van der Waals surface area contributed by atoms with E-state index in [4.69, 9.17) is 10.7 Å². The van der Waals surface area contributed by atoms with Gasteiger partial charge in [-0.1, -0.05) is 15.9 Å². The van der Waals surface area contributed by atoms with Crippen molar-refractivity contribution in [2.24, 2.45) is 0 Å². The highest BCUT2D eigenvalue weighted by Gasteiger charge is 2.23. The summed E-state index contributed by atoms with van der Waals surface area (Å²) in [5.41, 5.74) is -0.367. The molecule has 0 aliphatic heterocycles. The SMILES string of the molecule is O=S(=O)(Cl)c1nc(CBr)ccc1C(F)F. The van der Waals surface area contributed by atoms with Crippen LogP contribution in [0.2, 0.25) is 0 Å². The van der Waals surface area contributed by atoms with Crippen LogP contribution in [-0.2, 0) is 14.4 Å². The molecule has 8 heteroatoms. The Morgan fingerprint density at radius 2 is 2.07 bits per heavy atom. The molecule has 0 spiro atoms. The maximum atomic E-state index is 12.4. The zero-order valence-corrected chi connectivity index (χ0v) is 10.3. The molecule has 0 fully saturated rings. The minimum Gasteiger partial charge on any atom is -0.239 e. The standard InChI is InChI=1S/C7H5BrClF2NO2S/c8-3-4-1-2-5(6(10)11)7(12-4)15(9,13)14/h1-2,6H,3H2. The molecule has 0 aliphatic rings. The second-order valence-corrected chi connectivity index (χ2v) is 5.61. The van der Waals surface area contributed by atoms with Crippen LogP contribution in [0.4, 0.5) is 8.78 Å². The van der Waals surface area contributed by atoms with Gasteiger partial charge in [-0.2, -0.15) is 0 Å². The lowest BCUT2D eigenvalue weighted by molar-refractivity contribution is 0.147. The second kappa shape index (κ2) is 4.71. The van der Waals surface area contributed by atoms with Crippen molar-refractivity contribution in [1.82, 2.24) is 4.98 Å². The molecule has 0 atom stereocenters. The molecule has 84 valence electrons. The third-order valence-electron chi connectivity index (χ3n) is 1.55. The second-order valence-electron chi connectivity index (χ2n) is 2.57. The molecule has 0 saturated heterocycles. The van der Waals surface area contributed by atoms with Gasteiger partial charge in [-0.15, -0.1) is 0 Å². The molecule has 1 aromatic rings. The smallest absolute Gasteiger partial charge is 0.239 e. The third-order valence-corrected chi connectivity index (χ3v) is 3.35. The number of rotatable bonds is 3. The molecule has 0 saturated carbocycles. The van der Waals surface area contributed by atoms with Crippen molar-refractivity contribution < 1.29 is 17.2 Å². The van der Waals surface area contributed by atoms with Crippen LogP contribution in [0.5, 0.6) is 0 Å². The quantitative estimate of drug-likeness (QED) is 0.635. The first-order chi connectivity index (χ1) is 6.86. The van der Waals surface area contributed by atoms with Crippen LogP contribution < -0.4 is 0 Å². The first-order valence-corrected chi connectivity index (χ1v) is 7.08. The van der Waals surface area contributed by atoms with E-state index in [-0.39, 0.29) is 5.33 Å². The van der Waals surface area contributed by atoms with E-state index < -0.39 is 26.1 Å². The number of aromatic nitrogens is 1. The van der Waals surface area contributed by atoms with Gasteiger partial charge in [-0.25, -0.2) is 22.2 Å². The van der Waals surface area contributed by atoms with Gasteiger partial charge in [-0.3, -0.25) is 0 Å². The fraction of sp³-hybridized carbons (Fsp3) is 0.286. The van der Waals surface area contributed by atoms with E-state index in [0.29, 0.717) is 5.69 Å². The van der Waals surface area contributed by atoms with Gasteiger partial charge in [0.15, 0.2) is 5.03 Å². The number of nitrogens with zero attached hydrogens (tertiary/aromatic N) is 1. The van der Waals surface area contributed by atoms with Gasteiger partial charge in [0, 0.05) is 16.0 Å². The molecule has 1 heterocycles. The Morgan fingerprint density at radius 3 is 2.47 bits per heavy atom. The number of pyridine rings is 1. The van der Waals surface area contributed by atoms with Gasteiger partial charge in [0.2, 0.25) is 0 Å². The molecule has 0 aliphatic carbocycles. The molecule has 0 amide bonds. The number of alkyl halides is 3. The lowest BCUT2D eigenvalue weighted by atomic mass is 10.2. The van der Waals surface area contributed by atoms with E-state index in [1.165, 1.54) is 6.07 Å². The minimum atomic E-state index is -4.25. The molecule has 3 nitrogen and oxygen atoms in total. The summed E-state index contributed by atoms with van der Waals surface area (Å²) in [5, 5.41) is -0.522. The van der Waals surface area contributed by atoms with E-state index in [1.807, 2.05) is 0 Å². The number of halogens is 4. The summed E-state index contributed by atoms with van der Waals surface area (Å²) in [6.45, 7) is 0. The van der Waals surface area contributed by atoms with Gasteiger partial charge in [0.05, 0.1) is 11.3 Å². The maximum absolute atomic E-state index is 12.4. The lowest BCUT2D eigenvalue weighted by Gasteiger charge is -2.06. The van der Waals surface area contributed by atoms with E-state index >= 15 is 0 Å². The Labute approximate surface area is 98.0 Å². The predicted octanol–water partition coefficient (Wildman–Crippen LogP) is 2.84. The van der Waals surface area contributed by atoms with E-state index in [0.717, 1.165) is 6.07 Å². The predicted molar refractivity (Wildman–Crippen MR) is 54.9 cm³/mol. The average molecular weight is 321 g/mol. The zero-order chi connectivity index (χ0) is 11.6. The van der Waals surface area contributed by atoms with Crippen LogP contribution in [-0.4, -0.2) is 13.4 Å². The van der Waals surface area contributed by atoms with E-state index in [1.54, 1.807) is 0 Å². The summed E-state index contributed by atoms with van der Waals surface area (Å²) in [5.74, 6) is 0. The topological polar surface area (TPSA) is 47.0 Å². The van der Waals surface area contributed by atoms with Crippen molar-refractivity contribution >= 4 is 35.7 Å². The van der Waals surface area contributed by atoms with Crippen LogP contribution in [0.15, 0.2) is 17.2 Å². The molecule has 0 unspecified atom stereocenters. The van der Waals surface area contributed by atoms with Crippen LogP contribution in [0.3, 0.4) is 0 Å². The van der Waals surface area contributed by atoms with Crippen LogP contribution in [0.1, 0.15) is 17.7 Å². The van der Waals surface area contributed by atoms with Gasteiger partial charge < -0.3 is 0 Å². The summed E-state index contributed by atoms with van der Waals surface area (Å²) in [6.07, 6.45) is -2.93. The van der Waals surface area contributed by atoms with Crippen LogP contribution in [0.25, 0.3) is 0 Å². The summed E-state index contributed by atoms with van der Waals surface area (Å²) >= 11 is 3.03. The fourth-order valence-corrected chi connectivity index (χ4v) is 2.27. The van der Waals surface area contributed by atoms with Crippen molar-refractivity contribution in [3.05, 3.63) is 23.4 Å². The van der Waals surface area contributed by atoms with Crippen molar-refractivity contribution in [3.63, 3.8) is 0 Å². The molecule has 0 bridgehead atoms. The van der Waals surface area contributed by atoms with Crippen LogP contribution >= 0.6 is 26.6 Å². The normalized spacial score (nSPS) is 12.1. The first-order valence-electron chi connectivity index (χ1n) is 3.65. The van der Waals surface area contributed by atoms with E-state index in [9.17, 15) is 17.2 Å². The fourth-order valence-electron chi connectivity index (χ4n) is 0.925. The van der Waals surface area contributed by atoms with Crippen molar-refractivity contribution in [2.45, 2.75) is 16.8 Å². The molecule has 0 aromatic carbocycles. The monoisotopic (exact) mass is 319 g/mol. The average Bonchev–Trinajstić information content (AvgIpc) is 2.15. The first kappa shape index (κ1) is 12.8. The highest BCUT2D eigenvalue weighted by atomic mass is 79.9. The molecule has 1 aromatic heterocycles. The molecule has 15 heavy (non-hydrogen) atoms. The van der Waals surface area contributed by atoms with Crippen LogP contribution in [0, 0.1) is 0 Å². The van der Waals surface area contributed by atoms with Crippen molar-refractivity contribution in [1.29, 1.82) is 0 Å². The van der Waals surface area contributed by atoms with Gasteiger partial charge in [0.25, 0.3) is 15.5 Å². The number of hydrogen-bond acceptors (Lipinski definition) is 3. The van der Waals surface area contributed by atoms with Gasteiger partial charge >= 0.3 is 0 Å². The highest BCUT2D eigenvalue weighted by Crippen LogP contribution is 2.27. The summed E-state index contributed by atoms with van der Waals surface area (Å²) in [7, 11) is 0.747. The maximum Gasteiger partial charge on any atom is 0.279 e. The molecule has 0 radical (unpaired) electrons. The minimum absolute atomic E-state index is 0.260. The zero-order valence-electron chi connectivity index (χ0n) is 7.12. The number of hydrogen-bond donors (Lipinski definition) is 0. The highest BCUT2D eigenvalue weighted by molar-refractivity contribution is 9.08.